The Labute approximate surface area is 89.5 Å². The SMILES string of the molecule is Cc1ccc(SCC(N)CO)c(C)c1. The molecule has 0 aromatic heterocycles. The van der Waals surface area contributed by atoms with E-state index >= 15 is 0 Å². The molecule has 0 fully saturated rings. The zero-order chi connectivity index (χ0) is 10.6. The molecule has 1 aromatic rings. The number of nitrogens with two attached hydrogens (primary N) is 1. The largest absolute Gasteiger partial charge is 0.395 e. The van der Waals surface area contributed by atoms with E-state index in [1.54, 1.807) is 11.8 Å². The molecule has 1 aromatic carbocycles. The second-order valence-corrected chi connectivity index (χ2v) is 4.58. The maximum absolute atomic E-state index is 8.79. The fraction of sp³-hybridized carbons (Fsp3) is 0.455. The van der Waals surface area contributed by atoms with Crippen LogP contribution in [0.25, 0.3) is 0 Å². The Balaban J connectivity index is 2.59. The van der Waals surface area contributed by atoms with Crippen LogP contribution in [0.4, 0.5) is 0 Å². The fourth-order valence-electron chi connectivity index (χ4n) is 1.21. The number of hydrogen-bond donors (Lipinski definition) is 2. The minimum Gasteiger partial charge on any atom is -0.395 e. The first kappa shape index (κ1) is 11.6. The lowest BCUT2D eigenvalue weighted by molar-refractivity contribution is 0.275. The highest BCUT2D eigenvalue weighted by atomic mass is 32.2. The fourth-order valence-corrected chi connectivity index (χ4v) is 2.16. The van der Waals surface area contributed by atoms with Gasteiger partial charge in [-0.25, -0.2) is 0 Å². The van der Waals surface area contributed by atoms with Gasteiger partial charge in [-0.2, -0.15) is 0 Å². The Morgan fingerprint density at radius 1 is 1.43 bits per heavy atom. The van der Waals surface area contributed by atoms with Gasteiger partial charge < -0.3 is 10.8 Å². The van der Waals surface area contributed by atoms with Crippen molar-refractivity contribution in [3.8, 4) is 0 Å². The highest BCUT2D eigenvalue weighted by Gasteiger charge is 2.03. The first-order valence-electron chi connectivity index (χ1n) is 4.70. The number of aliphatic hydroxyl groups is 1. The molecule has 1 unspecified atom stereocenters. The summed E-state index contributed by atoms with van der Waals surface area (Å²) in [4.78, 5) is 1.25. The molecule has 0 spiro atoms. The van der Waals surface area contributed by atoms with Gasteiger partial charge in [0.25, 0.3) is 0 Å². The molecule has 0 aliphatic carbocycles. The smallest absolute Gasteiger partial charge is 0.0590 e. The quantitative estimate of drug-likeness (QED) is 0.745. The first-order chi connectivity index (χ1) is 6.63. The first-order valence-corrected chi connectivity index (χ1v) is 5.68. The summed E-state index contributed by atoms with van der Waals surface area (Å²) in [7, 11) is 0. The van der Waals surface area contributed by atoms with Crippen molar-refractivity contribution < 1.29 is 5.11 Å². The van der Waals surface area contributed by atoms with Gasteiger partial charge in [0.1, 0.15) is 0 Å². The molecule has 0 heterocycles. The predicted octanol–water partition coefficient (Wildman–Crippen LogP) is 1.72. The van der Waals surface area contributed by atoms with Gasteiger partial charge >= 0.3 is 0 Å². The Morgan fingerprint density at radius 2 is 2.14 bits per heavy atom. The van der Waals surface area contributed by atoms with E-state index in [4.69, 9.17) is 10.8 Å². The van der Waals surface area contributed by atoms with Crippen molar-refractivity contribution in [1.82, 2.24) is 0 Å². The van der Waals surface area contributed by atoms with E-state index in [-0.39, 0.29) is 12.6 Å². The number of aliphatic hydroxyl groups excluding tert-OH is 1. The van der Waals surface area contributed by atoms with Gasteiger partial charge in [-0.1, -0.05) is 17.7 Å². The maximum atomic E-state index is 8.79. The molecule has 0 bridgehead atoms. The van der Waals surface area contributed by atoms with Crippen LogP contribution in [0, 0.1) is 13.8 Å². The third-order valence-electron chi connectivity index (χ3n) is 2.02. The molecule has 0 saturated heterocycles. The zero-order valence-electron chi connectivity index (χ0n) is 8.66. The van der Waals surface area contributed by atoms with E-state index in [1.165, 1.54) is 16.0 Å². The van der Waals surface area contributed by atoms with Crippen molar-refractivity contribution in [1.29, 1.82) is 0 Å². The van der Waals surface area contributed by atoms with Crippen LogP contribution in [0.15, 0.2) is 23.1 Å². The van der Waals surface area contributed by atoms with E-state index in [2.05, 4.69) is 32.0 Å². The molecule has 14 heavy (non-hydrogen) atoms. The molecular formula is C11H17NOS. The van der Waals surface area contributed by atoms with Gasteiger partial charge in [-0.3, -0.25) is 0 Å². The van der Waals surface area contributed by atoms with E-state index in [9.17, 15) is 0 Å². The van der Waals surface area contributed by atoms with Crippen LogP contribution in [0.3, 0.4) is 0 Å². The number of thioether (sulfide) groups is 1. The molecule has 0 saturated carbocycles. The molecule has 78 valence electrons. The van der Waals surface area contributed by atoms with E-state index < -0.39 is 0 Å². The average molecular weight is 211 g/mol. The van der Waals surface area contributed by atoms with Gasteiger partial charge in [-0.05, 0) is 25.5 Å². The molecule has 0 aliphatic rings. The third-order valence-corrected chi connectivity index (χ3v) is 3.38. The summed E-state index contributed by atoms with van der Waals surface area (Å²) < 4.78 is 0. The van der Waals surface area contributed by atoms with Crippen molar-refractivity contribution >= 4 is 11.8 Å². The van der Waals surface area contributed by atoms with Crippen molar-refractivity contribution in [2.75, 3.05) is 12.4 Å². The van der Waals surface area contributed by atoms with Crippen LogP contribution in [0.2, 0.25) is 0 Å². The summed E-state index contributed by atoms with van der Waals surface area (Å²) in [6.45, 7) is 4.23. The lowest BCUT2D eigenvalue weighted by Crippen LogP contribution is -2.26. The molecule has 0 radical (unpaired) electrons. The molecule has 1 rings (SSSR count). The summed E-state index contributed by atoms with van der Waals surface area (Å²) in [5.74, 6) is 0.764. The highest BCUT2D eigenvalue weighted by Crippen LogP contribution is 2.23. The normalized spacial score (nSPS) is 12.9. The van der Waals surface area contributed by atoms with Crippen molar-refractivity contribution in [2.24, 2.45) is 5.73 Å². The topological polar surface area (TPSA) is 46.2 Å². The Morgan fingerprint density at radius 3 is 2.71 bits per heavy atom. The van der Waals surface area contributed by atoms with Crippen molar-refractivity contribution in [2.45, 2.75) is 24.8 Å². The standard InChI is InChI=1S/C11H17NOS/c1-8-3-4-11(9(2)5-8)14-7-10(12)6-13/h3-5,10,13H,6-7,12H2,1-2H3. The second-order valence-electron chi connectivity index (χ2n) is 3.52. The summed E-state index contributed by atoms with van der Waals surface area (Å²) >= 11 is 1.70. The summed E-state index contributed by atoms with van der Waals surface area (Å²) in [6, 6.07) is 6.24. The minimum atomic E-state index is -0.124. The Bertz CT molecular complexity index is 301. The van der Waals surface area contributed by atoms with Crippen LogP contribution in [-0.4, -0.2) is 23.5 Å². The Hall–Kier alpha value is -0.510. The van der Waals surface area contributed by atoms with Crippen molar-refractivity contribution in [3.63, 3.8) is 0 Å². The average Bonchev–Trinajstić information content (AvgIpc) is 2.16. The van der Waals surface area contributed by atoms with Gasteiger partial charge in [0, 0.05) is 16.7 Å². The van der Waals surface area contributed by atoms with Crippen molar-refractivity contribution in [3.05, 3.63) is 29.3 Å². The molecule has 0 aliphatic heterocycles. The molecule has 3 N–H and O–H groups in total. The highest BCUT2D eigenvalue weighted by molar-refractivity contribution is 7.99. The Kier molecular flexibility index (Phi) is 4.45. The van der Waals surface area contributed by atoms with E-state index in [0.29, 0.717) is 0 Å². The second kappa shape index (κ2) is 5.39. The van der Waals surface area contributed by atoms with E-state index in [1.807, 2.05) is 0 Å². The summed E-state index contributed by atoms with van der Waals surface area (Å²) in [5, 5.41) is 8.79. The zero-order valence-corrected chi connectivity index (χ0v) is 9.47. The van der Waals surface area contributed by atoms with Crippen LogP contribution < -0.4 is 5.73 Å². The predicted molar refractivity (Wildman–Crippen MR) is 61.7 cm³/mol. The molecule has 2 nitrogen and oxygen atoms in total. The van der Waals surface area contributed by atoms with Crippen LogP contribution in [0.1, 0.15) is 11.1 Å². The third kappa shape index (κ3) is 3.33. The number of rotatable bonds is 4. The summed E-state index contributed by atoms with van der Waals surface area (Å²) in [5.41, 5.74) is 8.18. The molecular weight excluding hydrogens is 194 g/mol. The van der Waals surface area contributed by atoms with Crippen LogP contribution in [0.5, 0.6) is 0 Å². The molecule has 1 atom stereocenters. The number of hydrogen-bond acceptors (Lipinski definition) is 3. The lowest BCUT2D eigenvalue weighted by Gasteiger charge is -2.09. The lowest BCUT2D eigenvalue weighted by atomic mass is 10.2. The number of aryl methyl sites for hydroxylation is 2. The van der Waals surface area contributed by atoms with Gasteiger partial charge in [0.05, 0.1) is 6.61 Å². The maximum Gasteiger partial charge on any atom is 0.0590 e. The van der Waals surface area contributed by atoms with Gasteiger partial charge in [0.2, 0.25) is 0 Å². The van der Waals surface area contributed by atoms with Crippen LogP contribution in [-0.2, 0) is 0 Å². The van der Waals surface area contributed by atoms with Gasteiger partial charge in [0.15, 0.2) is 0 Å². The molecule has 0 amide bonds. The van der Waals surface area contributed by atoms with E-state index in [0.717, 1.165) is 5.75 Å². The summed E-state index contributed by atoms with van der Waals surface area (Å²) in [6.07, 6.45) is 0. The minimum absolute atomic E-state index is 0.0535. The number of benzene rings is 1. The van der Waals surface area contributed by atoms with Gasteiger partial charge in [-0.15, -0.1) is 11.8 Å². The monoisotopic (exact) mass is 211 g/mol. The molecule has 3 heteroatoms. The van der Waals surface area contributed by atoms with Crippen LogP contribution >= 0.6 is 11.8 Å².